The molecule has 0 saturated carbocycles. The average Bonchev–Trinajstić information content (AvgIpc) is 3.17. The maximum atomic E-state index is 6.14. The van der Waals surface area contributed by atoms with Gasteiger partial charge >= 0.3 is 0 Å². The first-order valence-electron chi connectivity index (χ1n) is 9.55. The molecule has 30 heavy (non-hydrogen) atoms. The van der Waals surface area contributed by atoms with E-state index in [4.69, 9.17) is 21.7 Å². The van der Waals surface area contributed by atoms with Gasteiger partial charge in [-0.3, -0.25) is 0 Å². The van der Waals surface area contributed by atoms with Crippen LogP contribution in [0.5, 0.6) is 11.5 Å². The van der Waals surface area contributed by atoms with Crippen LogP contribution in [0.2, 0.25) is 0 Å². The van der Waals surface area contributed by atoms with Crippen LogP contribution < -0.4 is 14.9 Å². The number of rotatable bonds is 8. The largest absolute Gasteiger partial charge is 0.493 e. The van der Waals surface area contributed by atoms with Gasteiger partial charge in [-0.1, -0.05) is 72.8 Å². The molecule has 0 radical (unpaired) electrons. The van der Waals surface area contributed by atoms with Gasteiger partial charge in [-0.05, 0) is 23.8 Å². The minimum atomic E-state index is 0.453. The molecular formula is C23H22N4O2S. The summed E-state index contributed by atoms with van der Waals surface area (Å²) in [6.07, 6.45) is 0. The molecule has 0 atom stereocenters. The van der Waals surface area contributed by atoms with Crippen molar-refractivity contribution in [2.24, 2.45) is 0 Å². The number of ether oxygens (including phenoxy) is 2. The van der Waals surface area contributed by atoms with Gasteiger partial charge in [-0.15, -0.1) is 0 Å². The number of methoxy groups -OCH3 is 1. The summed E-state index contributed by atoms with van der Waals surface area (Å²) in [4.78, 5) is 0. The molecule has 1 heterocycles. The molecule has 0 bridgehead atoms. The first-order valence-corrected chi connectivity index (χ1v) is 9.96. The van der Waals surface area contributed by atoms with E-state index in [1.807, 2.05) is 78.9 Å². The molecular weight excluding hydrogens is 396 g/mol. The monoisotopic (exact) mass is 418 g/mol. The lowest BCUT2D eigenvalue weighted by Gasteiger charge is -2.17. The standard InChI is InChI=1S/C23H22N4O2S/c1-28-20-14-8-13-19(21(20)29-16-17-9-4-2-5-10-17)15-24-27-22(25-26-23(27)30)18-11-6-3-7-12-18/h2-14,24H,15-16H2,1H3,(H,26,30). The van der Waals surface area contributed by atoms with Crippen molar-refractivity contribution in [2.75, 3.05) is 12.5 Å². The van der Waals surface area contributed by atoms with E-state index in [9.17, 15) is 0 Å². The number of nitrogens with one attached hydrogen (secondary N) is 2. The fraction of sp³-hybridized carbons (Fsp3) is 0.130. The maximum Gasteiger partial charge on any atom is 0.214 e. The van der Waals surface area contributed by atoms with Gasteiger partial charge in [0.2, 0.25) is 4.77 Å². The lowest BCUT2D eigenvalue weighted by atomic mass is 10.2. The third-order valence-electron chi connectivity index (χ3n) is 4.64. The number of nitrogens with zero attached hydrogens (tertiary/aromatic N) is 2. The van der Waals surface area contributed by atoms with Gasteiger partial charge in [0.15, 0.2) is 17.3 Å². The van der Waals surface area contributed by atoms with E-state index in [0.717, 1.165) is 22.5 Å². The van der Waals surface area contributed by atoms with Crippen LogP contribution in [0.4, 0.5) is 0 Å². The third-order valence-corrected chi connectivity index (χ3v) is 4.91. The first-order chi connectivity index (χ1) is 14.8. The highest BCUT2D eigenvalue weighted by atomic mass is 32.1. The molecule has 152 valence electrons. The number of benzene rings is 3. The average molecular weight is 419 g/mol. The van der Waals surface area contributed by atoms with Gasteiger partial charge in [-0.25, -0.2) is 9.77 Å². The second kappa shape index (κ2) is 9.28. The fourth-order valence-electron chi connectivity index (χ4n) is 3.14. The molecule has 7 heteroatoms. The first kappa shape index (κ1) is 19.7. The molecule has 0 spiro atoms. The fourth-order valence-corrected chi connectivity index (χ4v) is 3.34. The van der Waals surface area contributed by atoms with Crippen LogP contribution in [0, 0.1) is 4.77 Å². The van der Waals surface area contributed by atoms with Crippen LogP contribution >= 0.6 is 12.2 Å². The second-order valence-electron chi connectivity index (χ2n) is 6.61. The highest BCUT2D eigenvalue weighted by molar-refractivity contribution is 7.71. The topological polar surface area (TPSA) is 64.1 Å². The lowest BCUT2D eigenvalue weighted by molar-refractivity contribution is 0.281. The van der Waals surface area contributed by atoms with Crippen molar-refractivity contribution >= 4 is 12.2 Å². The summed E-state index contributed by atoms with van der Waals surface area (Å²) in [6, 6.07) is 25.8. The van der Waals surface area contributed by atoms with Gasteiger partial charge in [0.05, 0.1) is 13.7 Å². The summed E-state index contributed by atoms with van der Waals surface area (Å²) >= 11 is 5.41. The third kappa shape index (κ3) is 4.36. The Labute approximate surface area is 180 Å². The number of H-pyrrole nitrogens is 1. The summed E-state index contributed by atoms with van der Waals surface area (Å²) in [7, 11) is 1.64. The Hall–Kier alpha value is -3.58. The highest BCUT2D eigenvalue weighted by Crippen LogP contribution is 2.32. The Morgan fingerprint density at radius 2 is 1.70 bits per heavy atom. The van der Waals surface area contributed by atoms with Crippen molar-refractivity contribution in [3.8, 4) is 22.9 Å². The van der Waals surface area contributed by atoms with Gasteiger partial charge in [0, 0.05) is 11.1 Å². The van der Waals surface area contributed by atoms with E-state index in [2.05, 4.69) is 15.6 Å². The molecule has 4 rings (SSSR count). The summed E-state index contributed by atoms with van der Waals surface area (Å²) in [6.45, 7) is 0.934. The quantitative estimate of drug-likeness (QED) is 0.397. The molecule has 4 aromatic rings. The smallest absolute Gasteiger partial charge is 0.214 e. The minimum absolute atomic E-state index is 0.453. The minimum Gasteiger partial charge on any atom is -0.493 e. The predicted octanol–water partition coefficient (Wildman–Crippen LogP) is 4.94. The summed E-state index contributed by atoms with van der Waals surface area (Å²) in [5.74, 6) is 2.10. The Morgan fingerprint density at radius 1 is 0.967 bits per heavy atom. The zero-order valence-corrected chi connectivity index (χ0v) is 17.4. The van der Waals surface area contributed by atoms with Gasteiger partial charge in [-0.2, -0.15) is 5.10 Å². The molecule has 0 saturated heterocycles. The normalized spacial score (nSPS) is 10.6. The molecule has 6 nitrogen and oxygen atoms in total. The summed E-state index contributed by atoms with van der Waals surface area (Å²) < 4.78 is 13.9. The molecule has 0 aliphatic carbocycles. The van der Waals surface area contributed by atoms with Crippen LogP contribution in [0.1, 0.15) is 11.1 Å². The SMILES string of the molecule is COc1cccc(CNn2c(-c3ccccc3)n[nH]c2=S)c1OCc1ccccc1. The maximum absolute atomic E-state index is 6.14. The van der Waals surface area contributed by atoms with Gasteiger partial charge in [0.25, 0.3) is 0 Å². The van der Waals surface area contributed by atoms with Gasteiger partial charge < -0.3 is 14.9 Å². The summed E-state index contributed by atoms with van der Waals surface area (Å²) in [5, 5.41) is 7.21. The zero-order valence-electron chi connectivity index (χ0n) is 16.5. The van der Waals surface area contributed by atoms with Gasteiger partial charge in [0.1, 0.15) is 6.61 Å². The number of aromatic nitrogens is 3. The lowest BCUT2D eigenvalue weighted by Crippen LogP contribution is -2.16. The van der Waals surface area contributed by atoms with Crippen molar-refractivity contribution < 1.29 is 9.47 Å². The van der Waals surface area contributed by atoms with E-state index in [-0.39, 0.29) is 0 Å². The van der Waals surface area contributed by atoms with E-state index < -0.39 is 0 Å². The number of hydrogen-bond acceptors (Lipinski definition) is 5. The Morgan fingerprint density at radius 3 is 2.43 bits per heavy atom. The number of hydrogen-bond donors (Lipinski definition) is 2. The molecule has 2 N–H and O–H groups in total. The second-order valence-corrected chi connectivity index (χ2v) is 7.00. The molecule has 3 aromatic carbocycles. The molecule has 1 aromatic heterocycles. The predicted molar refractivity (Wildman–Crippen MR) is 120 cm³/mol. The molecule has 0 aliphatic rings. The van der Waals surface area contributed by atoms with E-state index in [1.54, 1.807) is 11.8 Å². The molecule has 0 aliphatic heterocycles. The van der Waals surface area contributed by atoms with Crippen LogP contribution in [-0.4, -0.2) is 22.0 Å². The van der Waals surface area contributed by atoms with E-state index in [0.29, 0.717) is 29.4 Å². The zero-order chi connectivity index (χ0) is 20.8. The number of aromatic amines is 1. The van der Waals surface area contributed by atoms with E-state index >= 15 is 0 Å². The van der Waals surface area contributed by atoms with Crippen LogP contribution in [-0.2, 0) is 13.2 Å². The van der Waals surface area contributed by atoms with Crippen molar-refractivity contribution in [1.82, 2.24) is 14.9 Å². The van der Waals surface area contributed by atoms with Crippen LogP contribution in [0.15, 0.2) is 78.9 Å². The van der Waals surface area contributed by atoms with Crippen molar-refractivity contribution in [1.29, 1.82) is 0 Å². The van der Waals surface area contributed by atoms with Crippen molar-refractivity contribution in [2.45, 2.75) is 13.2 Å². The molecule has 0 fully saturated rings. The number of para-hydroxylation sites is 1. The van der Waals surface area contributed by atoms with E-state index in [1.165, 1.54) is 0 Å². The Kier molecular flexibility index (Phi) is 6.10. The van der Waals surface area contributed by atoms with Crippen molar-refractivity contribution in [3.05, 3.63) is 94.8 Å². The Bertz CT molecular complexity index is 1160. The van der Waals surface area contributed by atoms with Crippen molar-refractivity contribution in [3.63, 3.8) is 0 Å². The molecule has 0 amide bonds. The van der Waals surface area contributed by atoms with Crippen LogP contribution in [0.3, 0.4) is 0 Å². The summed E-state index contributed by atoms with van der Waals surface area (Å²) in [5.41, 5.74) is 6.35. The molecule has 0 unspecified atom stereocenters. The Balaban J connectivity index is 1.57. The highest BCUT2D eigenvalue weighted by Gasteiger charge is 2.13. The van der Waals surface area contributed by atoms with Crippen LogP contribution in [0.25, 0.3) is 11.4 Å².